The molecule has 55 heavy (non-hydrogen) atoms. The molecule has 9 aromatic carbocycles. The number of hydrogen-bond donors (Lipinski definition) is 0. The highest BCUT2D eigenvalue weighted by Gasteiger charge is 2.19. The molecule has 0 saturated carbocycles. The summed E-state index contributed by atoms with van der Waals surface area (Å²) in [6.45, 7) is 0. The van der Waals surface area contributed by atoms with Crippen molar-refractivity contribution in [1.29, 1.82) is 0 Å². The topological polar surface area (TPSA) is 16.4 Å². The molecule has 0 aliphatic carbocycles. The Bertz CT molecular complexity index is 3190. The molecule has 2 nitrogen and oxygen atoms in total. The van der Waals surface area contributed by atoms with E-state index in [0.29, 0.717) is 0 Å². The SMILES string of the molecule is c1ccc(-c2cccc(-c3cccc4c3oc3c5ccccc5c(-c5ccc(N(c6ccccc6)c6ccc7sc8ccccc8c7c6)cc5)cc43)c2)cc1. The summed E-state index contributed by atoms with van der Waals surface area (Å²) in [5, 5.41) is 7.11. The lowest BCUT2D eigenvalue weighted by Gasteiger charge is -2.26. The van der Waals surface area contributed by atoms with Crippen LogP contribution >= 0.6 is 11.3 Å². The molecule has 2 heterocycles. The number of para-hydroxylation sites is 2. The number of benzene rings is 9. The fourth-order valence-electron chi connectivity index (χ4n) is 8.25. The molecule has 0 spiro atoms. The molecule has 3 heteroatoms. The molecule has 0 fully saturated rings. The summed E-state index contributed by atoms with van der Waals surface area (Å²) >= 11 is 1.85. The normalized spacial score (nSPS) is 11.6. The van der Waals surface area contributed by atoms with Crippen molar-refractivity contribution in [1.82, 2.24) is 0 Å². The van der Waals surface area contributed by atoms with Crippen molar-refractivity contribution >= 4 is 81.3 Å². The van der Waals surface area contributed by atoms with Crippen LogP contribution < -0.4 is 4.90 Å². The predicted octanol–water partition coefficient (Wildman–Crippen LogP) is 15.6. The van der Waals surface area contributed by atoms with Gasteiger partial charge in [0.25, 0.3) is 0 Å². The van der Waals surface area contributed by atoms with E-state index in [9.17, 15) is 0 Å². The molecule has 11 aromatic rings. The van der Waals surface area contributed by atoms with Crippen LogP contribution in [0.1, 0.15) is 0 Å². The van der Waals surface area contributed by atoms with E-state index in [1.165, 1.54) is 42.2 Å². The molecule has 2 aromatic heterocycles. The van der Waals surface area contributed by atoms with Gasteiger partial charge in [-0.25, -0.2) is 0 Å². The molecule has 0 unspecified atom stereocenters. The third-order valence-corrected chi connectivity index (χ3v) is 12.0. The van der Waals surface area contributed by atoms with Crippen LogP contribution in [0.25, 0.3) is 86.3 Å². The van der Waals surface area contributed by atoms with E-state index < -0.39 is 0 Å². The minimum atomic E-state index is 0.911. The molecule has 0 aliphatic rings. The highest BCUT2D eigenvalue weighted by molar-refractivity contribution is 7.25. The van der Waals surface area contributed by atoms with E-state index in [4.69, 9.17) is 4.42 Å². The van der Waals surface area contributed by atoms with Crippen LogP contribution in [-0.4, -0.2) is 0 Å². The van der Waals surface area contributed by atoms with E-state index in [1.807, 2.05) is 11.3 Å². The van der Waals surface area contributed by atoms with E-state index in [-0.39, 0.29) is 0 Å². The Morgan fingerprint density at radius 1 is 0.309 bits per heavy atom. The molecule has 0 N–H and O–H groups in total. The fraction of sp³-hybridized carbons (Fsp3) is 0. The minimum Gasteiger partial charge on any atom is -0.455 e. The third kappa shape index (κ3) is 5.32. The lowest BCUT2D eigenvalue weighted by atomic mass is 9.94. The molecule has 0 bridgehead atoms. The Kier molecular flexibility index (Phi) is 7.39. The summed E-state index contributed by atoms with van der Waals surface area (Å²) in [4.78, 5) is 2.36. The lowest BCUT2D eigenvalue weighted by Crippen LogP contribution is -2.09. The van der Waals surface area contributed by atoms with Gasteiger partial charge in [-0.05, 0) is 93.9 Å². The first kappa shape index (κ1) is 31.6. The average Bonchev–Trinajstić information content (AvgIpc) is 3.83. The number of nitrogens with zero attached hydrogens (tertiary/aromatic N) is 1. The quantitative estimate of drug-likeness (QED) is 0.170. The summed E-state index contributed by atoms with van der Waals surface area (Å²) in [5.41, 5.74) is 12.2. The van der Waals surface area contributed by atoms with Crippen molar-refractivity contribution in [3.8, 4) is 33.4 Å². The smallest absolute Gasteiger partial charge is 0.143 e. The highest BCUT2D eigenvalue weighted by Crippen LogP contribution is 2.44. The first-order valence-electron chi connectivity index (χ1n) is 18.7. The summed E-state index contributed by atoms with van der Waals surface area (Å²) < 4.78 is 9.50. The molecule has 0 amide bonds. The van der Waals surface area contributed by atoms with Crippen LogP contribution in [0.5, 0.6) is 0 Å². The maximum absolute atomic E-state index is 6.88. The Morgan fingerprint density at radius 2 is 0.909 bits per heavy atom. The van der Waals surface area contributed by atoms with Gasteiger partial charge in [0.1, 0.15) is 11.2 Å². The van der Waals surface area contributed by atoms with Gasteiger partial charge in [-0.15, -0.1) is 11.3 Å². The van der Waals surface area contributed by atoms with Crippen molar-refractivity contribution in [3.05, 3.63) is 200 Å². The maximum atomic E-state index is 6.88. The largest absolute Gasteiger partial charge is 0.455 e. The molecule has 0 saturated heterocycles. The number of rotatable bonds is 6. The second-order valence-electron chi connectivity index (χ2n) is 14.1. The van der Waals surface area contributed by atoms with Crippen LogP contribution in [0.3, 0.4) is 0 Å². The van der Waals surface area contributed by atoms with Crippen LogP contribution in [0.2, 0.25) is 0 Å². The number of fused-ring (bicyclic) bond motifs is 8. The molecule has 11 rings (SSSR count). The van der Waals surface area contributed by atoms with Crippen molar-refractivity contribution in [2.75, 3.05) is 4.90 Å². The number of anilines is 3. The van der Waals surface area contributed by atoms with Crippen LogP contribution in [0.4, 0.5) is 17.1 Å². The zero-order chi connectivity index (χ0) is 36.3. The van der Waals surface area contributed by atoms with Gasteiger partial charge in [-0.3, -0.25) is 0 Å². The zero-order valence-corrected chi connectivity index (χ0v) is 30.6. The van der Waals surface area contributed by atoms with E-state index >= 15 is 0 Å². The maximum Gasteiger partial charge on any atom is 0.143 e. The van der Waals surface area contributed by atoms with Crippen molar-refractivity contribution in [3.63, 3.8) is 0 Å². The fourth-order valence-corrected chi connectivity index (χ4v) is 9.34. The number of hydrogen-bond acceptors (Lipinski definition) is 3. The lowest BCUT2D eigenvalue weighted by molar-refractivity contribution is 0.674. The first-order chi connectivity index (χ1) is 27.3. The van der Waals surface area contributed by atoms with Crippen LogP contribution in [-0.2, 0) is 0 Å². The van der Waals surface area contributed by atoms with Gasteiger partial charge in [0.05, 0.1) is 0 Å². The van der Waals surface area contributed by atoms with Crippen molar-refractivity contribution in [2.45, 2.75) is 0 Å². The molecular formula is C52H33NOS. The number of thiophene rings is 1. The Balaban J connectivity index is 1.04. The van der Waals surface area contributed by atoms with Gasteiger partial charge in [0, 0.05) is 59.0 Å². The van der Waals surface area contributed by atoms with Crippen LogP contribution in [0.15, 0.2) is 205 Å². The van der Waals surface area contributed by atoms with Gasteiger partial charge >= 0.3 is 0 Å². The molecule has 0 radical (unpaired) electrons. The van der Waals surface area contributed by atoms with E-state index in [0.717, 1.165) is 61.1 Å². The molecule has 258 valence electrons. The molecule has 0 atom stereocenters. The summed E-state index contributed by atoms with van der Waals surface area (Å²) in [7, 11) is 0. The molecular weight excluding hydrogens is 687 g/mol. The number of furan rings is 1. The van der Waals surface area contributed by atoms with Crippen molar-refractivity contribution in [2.24, 2.45) is 0 Å². The molecule has 0 aliphatic heterocycles. The minimum absolute atomic E-state index is 0.911. The third-order valence-electron chi connectivity index (χ3n) is 10.9. The second kappa shape index (κ2) is 12.9. The average molecular weight is 720 g/mol. The van der Waals surface area contributed by atoms with E-state index in [2.05, 4.69) is 205 Å². The Hall–Kier alpha value is -6.94. The second-order valence-corrected chi connectivity index (χ2v) is 15.2. The summed E-state index contributed by atoms with van der Waals surface area (Å²) in [5.74, 6) is 0. The van der Waals surface area contributed by atoms with E-state index in [1.54, 1.807) is 0 Å². The van der Waals surface area contributed by atoms with Gasteiger partial charge < -0.3 is 9.32 Å². The van der Waals surface area contributed by atoms with Crippen molar-refractivity contribution < 1.29 is 4.42 Å². The van der Waals surface area contributed by atoms with Gasteiger partial charge in [0.2, 0.25) is 0 Å². The van der Waals surface area contributed by atoms with Gasteiger partial charge in [-0.1, -0.05) is 140 Å². The Labute approximate surface area is 322 Å². The highest BCUT2D eigenvalue weighted by atomic mass is 32.1. The Morgan fingerprint density at radius 3 is 1.75 bits per heavy atom. The van der Waals surface area contributed by atoms with Gasteiger partial charge in [-0.2, -0.15) is 0 Å². The van der Waals surface area contributed by atoms with Gasteiger partial charge in [0.15, 0.2) is 0 Å². The van der Waals surface area contributed by atoms with Crippen LogP contribution in [0, 0.1) is 0 Å². The first-order valence-corrected chi connectivity index (χ1v) is 19.5. The summed E-state index contributed by atoms with van der Waals surface area (Å²) in [6.07, 6.45) is 0. The summed E-state index contributed by atoms with van der Waals surface area (Å²) in [6, 6.07) is 72.0. The standard InChI is InChI=1S/C52H33NOS/c1-3-13-34(14-4-1)36-15-11-16-37(31-36)41-22-12-23-45-48-33-46(42-19-7-8-21-44(42)52(48)54-51(41)45)35-25-27-39(28-26-35)53(38-17-5-2-6-18-38)40-29-30-50-47(32-40)43-20-9-10-24-49(43)55-50/h1-33H. The monoisotopic (exact) mass is 719 g/mol. The zero-order valence-electron chi connectivity index (χ0n) is 29.8. The predicted molar refractivity (Wildman–Crippen MR) is 235 cm³/mol.